The molecule has 1 rings (SSSR count). The summed E-state index contributed by atoms with van der Waals surface area (Å²) in [6, 6.07) is 4.73. The number of thiol groups is 1. The molecule has 0 aromatic heterocycles. The predicted molar refractivity (Wildman–Crippen MR) is 56.2 cm³/mol. The van der Waals surface area contributed by atoms with E-state index in [0.717, 1.165) is 0 Å². The Kier molecular flexibility index (Phi) is 3.10. The van der Waals surface area contributed by atoms with E-state index in [-0.39, 0.29) is 15.4 Å². The highest BCUT2D eigenvalue weighted by atomic mass is 35.7. The quantitative estimate of drug-likeness (QED) is 0.611. The van der Waals surface area contributed by atoms with Gasteiger partial charge in [0.15, 0.2) is 0 Å². The number of nitrogens with zero attached hydrogens (tertiary/aromatic N) is 1. The third-order valence-corrected chi connectivity index (χ3v) is 3.70. The fraction of sp³-hybridized carbons (Fsp3) is 0.125. The summed E-state index contributed by atoms with van der Waals surface area (Å²) < 4.78 is 22.1. The molecule has 0 N–H and O–H groups in total. The monoisotopic (exact) mass is 247 g/mol. The lowest BCUT2D eigenvalue weighted by Crippen LogP contribution is -1.96. The molecule has 0 spiro atoms. The minimum atomic E-state index is -3.84. The molecule has 0 aliphatic rings. The average Bonchev–Trinajstić information content (AvgIpc) is 2.02. The highest BCUT2D eigenvalue weighted by Crippen LogP contribution is 2.27. The number of nitriles is 1. The maximum Gasteiger partial charge on any atom is 0.262 e. The first-order valence-corrected chi connectivity index (χ1v) is 6.31. The minimum absolute atomic E-state index is 0.0995. The Morgan fingerprint density at radius 3 is 2.50 bits per heavy atom. The lowest BCUT2D eigenvalue weighted by molar-refractivity contribution is 0.607. The summed E-state index contributed by atoms with van der Waals surface area (Å²) >= 11 is 3.97. The van der Waals surface area contributed by atoms with E-state index in [1.54, 1.807) is 6.92 Å². The molecular formula is C8H6ClNO2S2. The largest absolute Gasteiger partial charge is 0.262 e. The maximum absolute atomic E-state index is 11.0. The second-order valence-electron chi connectivity index (χ2n) is 2.65. The van der Waals surface area contributed by atoms with Crippen molar-refractivity contribution in [2.45, 2.75) is 16.7 Å². The Hall–Kier alpha value is -0.700. The number of benzene rings is 1. The van der Waals surface area contributed by atoms with E-state index in [0.29, 0.717) is 5.56 Å². The van der Waals surface area contributed by atoms with Crippen molar-refractivity contribution in [1.82, 2.24) is 0 Å². The van der Waals surface area contributed by atoms with Gasteiger partial charge in [-0.25, -0.2) is 8.42 Å². The topological polar surface area (TPSA) is 57.9 Å². The molecule has 0 bridgehead atoms. The summed E-state index contributed by atoms with van der Waals surface area (Å²) in [6.07, 6.45) is 0. The molecule has 3 nitrogen and oxygen atoms in total. The number of halogens is 1. The van der Waals surface area contributed by atoms with Crippen LogP contribution in [0.2, 0.25) is 0 Å². The summed E-state index contributed by atoms with van der Waals surface area (Å²) in [4.78, 5) is -0.0350. The fourth-order valence-corrected chi connectivity index (χ4v) is 2.78. The third kappa shape index (κ3) is 2.03. The molecule has 0 aliphatic heterocycles. The second-order valence-corrected chi connectivity index (χ2v) is 5.64. The molecule has 0 heterocycles. The van der Waals surface area contributed by atoms with E-state index in [2.05, 4.69) is 12.6 Å². The van der Waals surface area contributed by atoms with Crippen molar-refractivity contribution < 1.29 is 8.42 Å². The minimum Gasteiger partial charge on any atom is -0.207 e. The molecule has 1 aromatic rings. The van der Waals surface area contributed by atoms with Gasteiger partial charge in [-0.3, -0.25) is 0 Å². The van der Waals surface area contributed by atoms with Crippen LogP contribution < -0.4 is 0 Å². The second kappa shape index (κ2) is 3.81. The molecule has 0 atom stereocenters. The first-order valence-electron chi connectivity index (χ1n) is 3.55. The van der Waals surface area contributed by atoms with Gasteiger partial charge in [0.25, 0.3) is 9.05 Å². The zero-order valence-corrected chi connectivity index (χ0v) is 9.62. The molecule has 0 aliphatic carbocycles. The SMILES string of the molecule is Cc1ccc(S(=O)(=O)Cl)c(S)c1C#N. The molecule has 0 saturated carbocycles. The van der Waals surface area contributed by atoms with E-state index in [1.807, 2.05) is 6.07 Å². The van der Waals surface area contributed by atoms with E-state index in [1.165, 1.54) is 12.1 Å². The lowest BCUT2D eigenvalue weighted by Gasteiger charge is -2.04. The van der Waals surface area contributed by atoms with Crippen molar-refractivity contribution >= 4 is 32.4 Å². The van der Waals surface area contributed by atoms with Gasteiger partial charge in [0.1, 0.15) is 6.07 Å². The normalized spacial score (nSPS) is 11.0. The van der Waals surface area contributed by atoms with E-state index in [9.17, 15) is 8.42 Å². The lowest BCUT2D eigenvalue weighted by atomic mass is 10.1. The van der Waals surface area contributed by atoms with Crippen LogP contribution in [0.4, 0.5) is 0 Å². The van der Waals surface area contributed by atoms with Gasteiger partial charge in [-0.15, -0.1) is 12.6 Å². The average molecular weight is 248 g/mol. The summed E-state index contributed by atoms with van der Waals surface area (Å²) in [5, 5.41) is 8.75. The molecular weight excluding hydrogens is 242 g/mol. The standard InChI is InChI=1S/C8H6ClNO2S2/c1-5-2-3-7(14(9,11)12)8(13)6(5)4-10/h2-3,13H,1H3. The Labute approximate surface area is 92.1 Å². The number of hydrogen-bond donors (Lipinski definition) is 1. The zero-order valence-electron chi connectivity index (χ0n) is 7.15. The van der Waals surface area contributed by atoms with Gasteiger partial charge in [-0.2, -0.15) is 5.26 Å². The molecule has 0 radical (unpaired) electrons. The number of aryl methyl sites for hydroxylation is 1. The van der Waals surface area contributed by atoms with Crippen LogP contribution in [0.5, 0.6) is 0 Å². The molecule has 6 heteroatoms. The van der Waals surface area contributed by atoms with Gasteiger partial charge in [0.2, 0.25) is 0 Å². The van der Waals surface area contributed by atoms with Crippen LogP contribution in [0.15, 0.2) is 21.9 Å². The van der Waals surface area contributed by atoms with Gasteiger partial charge >= 0.3 is 0 Å². The summed E-state index contributed by atoms with van der Waals surface area (Å²) in [5.41, 5.74) is 0.900. The van der Waals surface area contributed by atoms with Gasteiger partial charge in [0.05, 0.1) is 10.5 Å². The molecule has 0 amide bonds. The van der Waals surface area contributed by atoms with Crippen molar-refractivity contribution in [1.29, 1.82) is 5.26 Å². The molecule has 74 valence electrons. The van der Waals surface area contributed by atoms with Crippen LogP contribution in [0.3, 0.4) is 0 Å². The van der Waals surface area contributed by atoms with Gasteiger partial charge in [0, 0.05) is 15.6 Å². The van der Waals surface area contributed by atoms with E-state index < -0.39 is 9.05 Å². The fourth-order valence-electron chi connectivity index (χ4n) is 1.01. The molecule has 0 saturated heterocycles. The van der Waals surface area contributed by atoms with Crippen LogP contribution in [-0.2, 0) is 9.05 Å². The van der Waals surface area contributed by atoms with Crippen LogP contribution in [0.1, 0.15) is 11.1 Å². The van der Waals surface area contributed by atoms with Gasteiger partial charge < -0.3 is 0 Å². The molecule has 0 fully saturated rings. The number of hydrogen-bond acceptors (Lipinski definition) is 4. The first-order chi connectivity index (χ1) is 6.38. The number of rotatable bonds is 1. The zero-order chi connectivity index (χ0) is 10.9. The molecule has 1 aromatic carbocycles. The van der Waals surface area contributed by atoms with E-state index >= 15 is 0 Å². The predicted octanol–water partition coefficient (Wildman–Crippen LogP) is 2.08. The van der Waals surface area contributed by atoms with Crippen molar-refractivity contribution in [3.8, 4) is 6.07 Å². The van der Waals surface area contributed by atoms with Crippen LogP contribution in [0, 0.1) is 18.3 Å². The van der Waals surface area contributed by atoms with Crippen molar-refractivity contribution in [3.05, 3.63) is 23.3 Å². The highest BCUT2D eigenvalue weighted by Gasteiger charge is 2.17. The third-order valence-electron chi connectivity index (χ3n) is 1.72. The van der Waals surface area contributed by atoms with Crippen LogP contribution >= 0.6 is 23.3 Å². The van der Waals surface area contributed by atoms with Crippen LogP contribution in [0.25, 0.3) is 0 Å². The first kappa shape index (κ1) is 11.4. The summed E-state index contributed by atoms with van der Waals surface area (Å²) in [6.45, 7) is 1.70. The Morgan fingerprint density at radius 1 is 1.50 bits per heavy atom. The highest BCUT2D eigenvalue weighted by molar-refractivity contribution is 8.14. The molecule has 0 unspecified atom stereocenters. The molecule has 14 heavy (non-hydrogen) atoms. The Bertz CT molecular complexity index is 517. The van der Waals surface area contributed by atoms with E-state index in [4.69, 9.17) is 15.9 Å². The van der Waals surface area contributed by atoms with Crippen molar-refractivity contribution in [2.75, 3.05) is 0 Å². The van der Waals surface area contributed by atoms with Gasteiger partial charge in [-0.1, -0.05) is 6.07 Å². The maximum atomic E-state index is 11.0. The summed E-state index contributed by atoms with van der Waals surface area (Å²) in [7, 11) is 1.32. The Morgan fingerprint density at radius 2 is 2.07 bits per heavy atom. The van der Waals surface area contributed by atoms with Crippen LogP contribution in [-0.4, -0.2) is 8.42 Å². The van der Waals surface area contributed by atoms with Gasteiger partial charge in [-0.05, 0) is 18.6 Å². The smallest absolute Gasteiger partial charge is 0.207 e. The van der Waals surface area contributed by atoms with Crippen molar-refractivity contribution in [2.24, 2.45) is 0 Å². The summed E-state index contributed by atoms with van der Waals surface area (Å²) in [5.74, 6) is 0. The van der Waals surface area contributed by atoms with Crippen molar-refractivity contribution in [3.63, 3.8) is 0 Å². The Balaban J connectivity index is 3.62.